The van der Waals surface area contributed by atoms with Gasteiger partial charge in [0.1, 0.15) is 5.75 Å². The molecule has 5 heteroatoms. The van der Waals surface area contributed by atoms with Crippen LogP contribution in [-0.2, 0) is 9.84 Å². The standard InChI is InChI=1S/C14H21NO3S/c15-10-12(13-7-9-19(16,17)11-13)6-8-18-14-4-2-1-3-5-14/h1-5,12-13H,6-11,15H2. The van der Waals surface area contributed by atoms with Crippen LogP contribution in [0.15, 0.2) is 30.3 Å². The van der Waals surface area contributed by atoms with Crippen LogP contribution in [0.1, 0.15) is 12.8 Å². The van der Waals surface area contributed by atoms with Crippen molar-refractivity contribution < 1.29 is 13.2 Å². The summed E-state index contributed by atoms with van der Waals surface area (Å²) < 4.78 is 28.6. The van der Waals surface area contributed by atoms with Crippen molar-refractivity contribution >= 4 is 9.84 Å². The SMILES string of the molecule is NCC(CCOc1ccccc1)C1CCS(=O)(=O)C1. The number of benzene rings is 1. The molecule has 1 fully saturated rings. The van der Waals surface area contributed by atoms with Crippen LogP contribution in [0.3, 0.4) is 0 Å². The van der Waals surface area contributed by atoms with Crippen LogP contribution in [-0.4, -0.2) is 33.1 Å². The summed E-state index contributed by atoms with van der Waals surface area (Å²) in [6, 6.07) is 9.63. The van der Waals surface area contributed by atoms with Gasteiger partial charge in [-0.15, -0.1) is 0 Å². The third-order valence-corrected chi connectivity index (χ3v) is 5.53. The molecule has 2 atom stereocenters. The van der Waals surface area contributed by atoms with E-state index in [4.69, 9.17) is 10.5 Å². The minimum absolute atomic E-state index is 0.203. The van der Waals surface area contributed by atoms with Crippen molar-refractivity contribution in [2.45, 2.75) is 12.8 Å². The van der Waals surface area contributed by atoms with Crippen LogP contribution in [0.5, 0.6) is 5.75 Å². The summed E-state index contributed by atoms with van der Waals surface area (Å²) in [4.78, 5) is 0. The third-order valence-electron chi connectivity index (χ3n) is 3.74. The average Bonchev–Trinajstić information content (AvgIpc) is 2.76. The normalized spacial score (nSPS) is 23.1. The predicted molar refractivity (Wildman–Crippen MR) is 75.9 cm³/mol. The van der Waals surface area contributed by atoms with E-state index in [1.165, 1.54) is 0 Å². The molecular formula is C14H21NO3S. The fraction of sp³-hybridized carbons (Fsp3) is 0.571. The van der Waals surface area contributed by atoms with Gasteiger partial charge >= 0.3 is 0 Å². The van der Waals surface area contributed by atoms with Crippen molar-refractivity contribution in [3.05, 3.63) is 30.3 Å². The first-order chi connectivity index (χ1) is 9.11. The summed E-state index contributed by atoms with van der Waals surface area (Å²) in [6.07, 6.45) is 1.56. The molecule has 106 valence electrons. The van der Waals surface area contributed by atoms with Gasteiger partial charge < -0.3 is 10.5 Å². The number of rotatable bonds is 6. The van der Waals surface area contributed by atoms with Crippen molar-refractivity contribution in [3.8, 4) is 5.75 Å². The largest absolute Gasteiger partial charge is 0.494 e. The molecule has 19 heavy (non-hydrogen) atoms. The number of hydrogen-bond donors (Lipinski definition) is 1. The molecule has 0 radical (unpaired) electrons. The molecule has 0 bridgehead atoms. The summed E-state index contributed by atoms with van der Waals surface area (Å²) in [6.45, 7) is 1.11. The second-order valence-electron chi connectivity index (χ2n) is 5.11. The first-order valence-corrected chi connectivity index (χ1v) is 8.51. The molecule has 2 unspecified atom stereocenters. The summed E-state index contributed by atoms with van der Waals surface area (Å²) in [5, 5.41) is 0. The zero-order valence-electron chi connectivity index (χ0n) is 11.0. The molecule has 1 aromatic rings. The van der Waals surface area contributed by atoms with E-state index in [0.717, 1.165) is 18.6 Å². The van der Waals surface area contributed by atoms with Crippen LogP contribution in [0.4, 0.5) is 0 Å². The first-order valence-electron chi connectivity index (χ1n) is 6.69. The molecule has 0 saturated carbocycles. The van der Waals surface area contributed by atoms with Crippen molar-refractivity contribution in [2.24, 2.45) is 17.6 Å². The Morgan fingerprint density at radius 1 is 1.32 bits per heavy atom. The Labute approximate surface area is 114 Å². The lowest BCUT2D eigenvalue weighted by molar-refractivity contribution is 0.247. The molecule has 1 aliphatic heterocycles. The van der Waals surface area contributed by atoms with Crippen molar-refractivity contribution in [3.63, 3.8) is 0 Å². The van der Waals surface area contributed by atoms with Crippen LogP contribution in [0, 0.1) is 11.8 Å². The van der Waals surface area contributed by atoms with Gasteiger partial charge in [0.25, 0.3) is 0 Å². The highest BCUT2D eigenvalue weighted by molar-refractivity contribution is 7.91. The molecule has 1 heterocycles. The van der Waals surface area contributed by atoms with E-state index in [9.17, 15) is 8.42 Å². The van der Waals surface area contributed by atoms with E-state index < -0.39 is 9.84 Å². The molecule has 0 amide bonds. The number of nitrogens with two attached hydrogens (primary N) is 1. The lowest BCUT2D eigenvalue weighted by Gasteiger charge is -2.20. The second-order valence-corrected chi connectivity index (χ2v) is 7.34. The fourth-order valence-electron chi connectivity index (χ4n) is 2.59. The Hall–Kier alpha value is -1.07. The highest BCUT2D eigenvalue weighted by Gasteiger charge is 2.32. The molecule has 4 nitrogen and oxygen atoms in total. The van der Waals surface area contributed by atoms with E-state index in [1.54, 1.807) is 0 Å². The van der Waals surface area contributed by atoms with Crippen molar-refractivity contribution in [1.82, 2.24) is 0 Å². The predicted octanol–water partition coefficient (Wildman–Crippen LogP) is 1.47. The number of para-hydroxylation sites is 1. The summed E-state index contributed by atoms with van der Waals surface area (Å²) in [5.41, 5.74) is 5.77. The maximum Gasteiger partial charge on any atom is 0.150 e. The van der Waals surface area contributed by atoms with Crippen LogP contribution < -0.4 is 10.5 Å². The summed E-state index contributed by atoms with van der Waals surface area (Å²) in [7, 11) is -2.82. The lowest BCUT2D eigenvalue weighted by atomic mass is 9.89. The maximum absolute atomic E-state index is 11.5. The number of hydrogen-bond acceptors (Lipinski definition) is 4. The van der Waals surface area contributed by atoms with Gasteiger partial charge in [-0.3, -0.25) is 0 Å². The van der Waals surface area contributed by atoms with Gasteiger partial charge in [0.2, 0.25) is 0 Å². The van der Waals surface area contributed by atoms with E-state index in [-0.39, 0.29) is 11.8 Å². The smallest absolute Gasteiger partial charge is 0.150 e. The van der Waals surface area contributed by atoms with Crippen molar-refractivity contribution in [2.75, 3.05) is 24.7 Å². The van der Waals surface area contributed by atoms with Gasteiger partial charge in [0.05, 0.1) is 18.1 Å². The Morgan fingerprint density at radius 3 is 2.63 bits per heavy atom. The Balaban J connectivity index is 1.80. The van der Waals surface area contributed by atoms with E-state index in [0.29, 0.717) is 24.7 Å². The van der Waals surface area contributed by atoms with Gasteiger partial charge in [0.15, 0.2) is 9.84 Å². The lowest BCUT2D eigenvalue weighted by Crippen LogP contribution is -2.26. The van der Waals surface area contributed by atoms with E-state index in [2.05, 4.69) is 0 Å². The Kier molecular flexibility index (Phi) is 4.82. The molecule has 1 saturated heterocycles. The third kappa shape index (κ3) is 4.21. The first kappa shape index (κ1) is 14.3. The fourth-order valence-corrected chi connectivity index (χ4v) is 4.51. The van der Waals surface area contributed by atoms with Gasteiger partial charge in [-0.1, -0.05) is 18.2 Å². The molecule has 0 aromatic heterocycles. The van der Waals surface area contributed by atoms with E-state index in [1.807, 2.05) is 30.3 Å². The summed E-state index contributed by atoms with van der Waals surface area (Å²) in [5.74, 6) is 1.89. The van der Waals surface area contributed by atoms with Gasteiger partial charge in [-0.05, 0) is 43.4 Å². The number of sulfone groups is 1. The molecule has 2 N–H and O–H groups in total. The highest BCUT2D eigenvalue weighted by Crippen LogP contribution is 2.27. The minimum Gasteiger partial charge on any atom is -0.494 e. The van der Waals surface area contributed by atoms with Gasteiger partial charge in [-0.25, -0.2) is 8.42 Å². The van der Waals surface area contributed by atoms with Gasteiger partial charge in [0, 0.05) is 0 Å². The minimum atomic E-state index is -2.82. The number of ether oxygens (including phenoxy) is 1. The molecule has 0 spiro atoms. The molecule has 1 aliphatic rings. The van der Waals surface area contributed by atoms with Crippen LogP contribution >= 0.6 is 0 Å². The van der Waals surface area contributed by atoms with Crippen LogP contribution in [0.25, 0.3) is 0 Å². The maximum atomic E-state index is 11.5. The molecule has 1 aromatic carbocycles. The highest BCUT2D eigenvalue weighted by atomic mass is 32.2. The van der Waals surface area contributed by atoms with E-state index >= 15 is 0 Å². The second kappa shape index (κ2) is 6.39. The molecule has 2 rings (SSSR count). The van der Waals surface area contributed by atoms with Crippen molar-refractivity contribution in [1.29, 1.82) is 0 Å². The zero-order chi connectivity index (χ0) is 13.7. The quantitative estimate of drug-likeness (QED) is 0.858. The summed E-state index contributed by atoms with van der Waals surface area (Å²) >= 11 is 0. The molecular weight excluding hydrogens is 262 g/mol. The Morgan fingerprint density at radius 2 is 2.05 bits per heavy atom. The van der Waals surface area contributed by atoms with Gasteiger partial charge in [-0.2, -0.15) is 0 Å². The topological polar surface area (TPSA) is 69.4 Å². The Bertz CT molecular complexity index is 487. The monoisotopic (exact) mass is 283 g/mol. The molecule has 0 aliphatic carbocycles. The zero-order valence-corrected chi connectivity index (χ0v) is 11.8. The van der Waals surface area contributed by atoms with Crippen LogP contribution in [0.2, 0.25) is 0 Å². The average molecular weight is 283 g/mol.